The van der Waals surface area contributed by atoms with Gasteiger partial charge in [0.1, 0.15) is 5.75 Å². The predicted molar refractivity (Wildman–Crippen MR) is 123 cm³/mol. The highest BCUT2D eigenvalue weighted by Crippen LogP contribution is 2.32. The number of aromatic nitrogens is 1. The smallest absolute Gasteiger partial charge is 0.324 e. The molecule has 11 heteroatoms. The third kappa shape index (κ3) is 4.55. The van der Waals surface area contributed by atoms with Crippen LogP contribution in [-0.4, -0.2) is 29.1 Å². The Labute approximate surface area is 189 Å². The maximum Gasteiger partial charge on any atom is 0.324 e. The molecule has 0 aliphatic carbocycles. The molecule has 0 bridgehead atoms. The van der Waals surface area contributed by atoms with Crippen LogP contribution in [0.2, 0.25) is 5.02 Å². The molecule has 0 spiro atoms. The minimum atomic E-state index is -0.473. The molecule has 0 saturated heterocycles. The van der Waals surface area contributed by atoms with Crippen LogP contribution in [0.25, 0.3) is 10.2 Å². The van der Waals surface area contributed by atoms with Gasteiger partial charge >= 0.3 is 5.00 Å². The monoisotopic (exact) mass is 472 g/mol. The Balaban J connectivity index is 1.74. The van der Waals surface area contributed by atoms with Gasteiger partial charge in [0.25, 0.3) is 5.91 Å². The molecule has 8 nitrogen and oxygen atoms in total. The summed E-state index contributed by atoms with van der Waals surface area (Å²) in [6.45, 7) is 0. The van der Waals surface area contributed by atoms with Crippen molar-refractivity contribution in [2.24, 2.45) is 5.10 Å². The lowest BCUT2D eigenvalue weighted by molar-refractivity contribution is -0.380. The van der Waals surface area contributed by atoms with Crippen LogP contribution in [0.3, 0.4) is 0 Å². The fraction of sp³-hybridized carbons (Fsp3) is 0.0500. The zero-order chi connectivity index (χ0) is 22.0. The third-order valence-corrected chi connectivity index (χ3v) is 6.36. The van der Waals surface area contributed by atoms with Crippen molar-refractivity contribution in [1.29, 1.82) is 0 Å². The van der Waals surface area contributed by atoms with Gasteiger partial charge in [-0.1, -0.05) is 34.3 Å². The topological polar surface area (TPSA) is 97.9 Å². The number of carbonyl (C=O) groups is 1. The summed E-state index contributed by atoms with van der Waals surface area (Å²) in [6.07, 6.45) is 1.40. The maximum absolute atomic E-state index is 13.2. The van der Waals surface area contributed by atoms with Crippen molar-refractivity contribution in [3.63, 3.8) is 0 Å². The first-order valence-electron chi connectivity index (χ1n) is 8.77. The van der Waals surface area contributed by atoms with Crippen LogP contribution >= 0.6 is 34.3 Å². The number of nitrogens with zero attached hydrogens (tertiary/aromatic N) is 4. The molecule has 0 aliphatic rings. The molecule has 4 rings (SSSR count). The number of thiazole rings is 1. The van der Waals surface area contributed by atoms with Gasteiger partial charge in [-0.05, 0) is 48.5 Å². The number of thiophene rings is 1. The van der Waals surface area contributed by atoms with Gasteiger partial charge in [-0.25, -0.2) is 4.98 Å². The van der Waals surface area contributed by atoms with Crippen molar-refractivity contribution < 1.29 is 14.5 Å². The average molecular weight is 473 g/mol. The SMILES string of the molecule is COc1ccc2nc(N(/N=C/c3ccc([N+](=O)[O-])s3)C(=O)c3ccc(Cl)cc3)sc2c1. The van der Waals surface area contributed by atoms with Crippen LogP contribution in [0, 0.1) is 10.1 Å². The summed E-state index contributed by atoms with van der Waals surface area (Å²) in [5.41, 5.74) is 1.06. The van der Waals surface area contributed by atoms with Gasteiger partial charge in [-0.3, -0.25) is 14.9 Å². The highest BCUT2D eigenvalue weighted by atomic mass is 35.5. The molecular formula is C20H13ClN4O4S2. The fourth-order valence-electron chi connectivity index (χ4n) is 2.64. The molecule has 0 atom stereocenters. The van der Waals surface area contributed by atoms with E-state index in [4.69, 9.17) is 16.3 Å². The van der Waals surface area contributed by atoms with E-state index in [0.717, 1.165) is 16.0 Å². The number of hydrogen-bond acceptors (Lipinski definition) is 8. The van der Waals surface area contributed by atoms with Gasteiger partial charge in [0, 0.05) is 16.7 Å². The Morgan fingerprint density at radius 1 is 1.19 bits per heavy atom. The molecule has 2 aromatic carbocycles. The largest absolute Gasteiger partial charge is 0.497 e. The van der Waals surface area contributed by atoms with Crippen molar-refractivity contribution in [2.45, 2.75) is 0 Å². The third-order valence-electron chi connectivity index (χ3n) is 4.14. The van der Waals surface area contributed by atoms with Crippen molar-refractivity contribution in [3.05, 3.63) is 80.2 Å². The number of methoxy groups -OCH3 is 1. The lowest BCUT2D eigenvalue weighted by Crippen LogP contribution is -2.25. The second kappa shape index (κ2) is 8.80. The molecule has 0 aliphatic heterocycles. The second-order valence-electron chi connectivity index (χ2n) is 6.13. The Morgan fingerprint density at radius 3 is 2.65 bits per heavy atom. The van der Waals surface area contributed by atoms with E-state index in [2.05, 4.69) is 10.1 Å². The van der Waals surface area contributed by atoms with Gasteiger partial charge < -0.3 is 4.74 Å². The van der Waals surface area contributed by atoms with E-state index < -0.39 is 10.8 Å². The molecule has 156 valence electrons. The number of carbonyl (C=O) groups excluding carboxylic acids is 1. The van der Waals surface area contributed by atoms with Crippen molar-refractivity contribution in [1.82, 2.24) is 4.98 Å². The molecular weight excluding hydrogens is 460 g/mol. The molecule has 0 N–H and O–H groups in total. The number of fused-ring (bicyclic) bond motifs is 1. The molecule has 0 saturated carbocycles. The standard InChI is InChI=1S/C20H13ClN4O4S2/c1-29-14-6-8-16-17(10-14)31-20(23-16)24(19(26)12-2-4-13(21)5-3-12)22-11-15-7-9-18(30-15)25(27)28/h2-11H,1H3/b22-11+. The number of nitro groups is 1. The van der Waals surface area contributed by atoms with Gasteiger partial charge in [0.2, 0.25) is 5.13 Å². The van der Waals surface area contributed by atoms with Crippen LogP contribution < -0.4 is 9.75 Å². The summed E-state index contributed by atoms with van der Waals surface area (Å²) >= 11 is 8.17. The quantitative estimate of drug-likeness (QED) is 0.206. The van der Waals surface area contributed by atoms with Crippen LogP contribution in [-0.2, 0) is 0 Å². The van der Waals surface area contributed by atoms with E-state index >= 15 is 0 Å². The predicted octanol–water partition coefficient (Wildman–Crippen LogP) is 5.61. The lowest BCUT2D eigenvalue weighted by Gasteiger charge is -2.13. The lowest BCUT2D eigenvalue weighted by atomic mass is 10.2. The minimum Gasteiger partial charge on any atom is -0.497 e. The maximum atomic E-state index is 13.2. The Hall–Kier alpha value is -3.34. The van der Waals surface area contributed by atoms with Crippen molar-refractivity contribution in [3.8, 4) is 5.75 Å². The number of benzene rings is 2. The van der Waals surface area contributed by atoms with Crippen LogP contribution in [0.15, 0.2) is 59.7 Å². The van der Waals surface area contributed by atoms with Crippen LogP contribution in [0.4, 0.5) is 10.1 Å². The Kier molecular flexibility index (Phi) is 5.94. The van der Waals surface area contributed by atoms with Crippen LogP contribution in [0.1, 0.15) is 15.2 Å². The van der Waals surface area contributed by atoms with Gasteiger partial charge in [-0.15, -0.1) is 0 Å². The summed E-state index contributed by atoms with van der Waals surface area (Å²) in [6, 6.07) is 14.8. The first kappa shape index (κ1) is 20.9. The van der Waals surface area contributed by atoms with E-state index in [1.54, 1.807) is 49.6 Å². The molecule has 2 heterocycles. The number of anilines is 1. The first-order valence-corrected chi connectivity index (χ1v) is 10.8. The van der Waals surface area contributed by atoms with Crippen LogP contribution in [0.5, 0.6) is 5.75 Å². The first-order chi connectivity index (χ1) is 14.9. The summed E-state index contributed by atoms with van der Waals surface area (Å²) < 4.78 is 6.07. The number of rotatable bonds is 6. The summed E-state index contributed by atoms with van der Waals surface area (Å²) in [5, 5.41) is 17.2. The molecule has 2 aromatic heterocycles. The fourth-order valence-corrected chi connectivity index (χ4v) is 4.40. The highest BCUT2D eigenvalue weighted by molar-refractivity contribution is 7.22. The molecule has 31 heavy (non-hydrogen) atoms. The van der Waals surface area contributed by atoms with Crippen molar-refractivity contribution >= 4 is 66.7 Å². The Morgan fingerprint density at radius 2 is 1.97 bits per heavy atom. The summed E-state index contributed by atoms with van der Waals surface area (Å²) in [5.74, 6) is 0.262. The number of hydrazone groups is 1. The van der Waals surface area contributed by atoms with E-state index in [9.17, 15) is 14.9 Å². The van der Waals surface area contributed by atoms with Gasteiger partial charge in [0.05, 0.1) is 33.3 Å². The summed E-state index contributed by atoms with van der Waals surface area (Å²) in [4.78, 5) is 28.7. The normalized spacial score (nSPS) is 11.2. The average Bonchev–Trinajstić information content (AvgIpc) is 3.41. The van der Waals surface area contributed by atoms with E-state index in [1.807, 2.05) is 6.07 Å². The molecule has 1 amide bonds. The minimum absolute atomic E-state index is 0.0101. The van der Waals surface area contributed by atoms with E-state index in [0.29, 0.717) is 31.9 Å². The number of ether oxygens (including phenoxy) is 1. The molecule has 0 fully saturated rings. The molecule has 4 aromatic rings. The number of hydrogen-bond donors (Lipinski definition) is 0. The molecule has 0 unspecified atom stereocenters. The molecule has 0 radical (unpaired) electrons. The van der Waals surface area contributed by atoms with Crippen molar-refractivity contribution in [2.75, 3.05) is 12.1 Å². The van der Waals surface area contributed by atoms with E-state index in [1.165, 1.54) is 28.6 Å². The number of halogens is 1. The summed E-state index contributed by atoms with van der Waals surface area (Å²) in [7, 11) is 1.57. The zero-order valence-electron chi connectivity index (χ0n) is 15.9. The highest BCUT2D eigenvalue weighted by Gasteiger charge is 2.21. The second-order valence-corrected chi connectivity index (χ2v) is 8.67. The van der Waals surface area contributed by atoms with Gasteiger partial charge in [0.15, 0.2) is 0 Å². The van der Waals surface area contributed by atoms with E-state index in [-0.39, 0.29) is 5.00 Å². The zero-order valence-corrected chi connectivity index (χ0v) is 18.3. The van der Waals surface area contributed by atoms with Gasteiger partial charge in [-0.2, -0.15) is 10.1 Å². The number of amides is 1. The Bertz CT molecular complexity index is 1300.